The molecule has 1 unspecified atom stereocenters. The van der Waals surface area contributed by atoms with Crippen LogP contribution >= 0.6 is 11.6 Å². The van der Waals surface area contributed by atoms with Gasteiger partial charge in [0.25, 0.3) is 5.91 Å². The second kappa shape index (κ2) is 5.79. The molecular formula is C10H11ClFNO3. The highest BCUT2D eigenvalue weighted by Gasteiger charge is 2.10. The van der Waals surface area contributed by atoms with Crippen LogP contribution in [-0.4, -0.2) is 35.4 Å². The molecule has 0 aromatic heterocycles. The lowest BCUT2D eigenvalue weighted by Crippen LogP contribution is -2.33. The van der Waals surface area contributed by atoms with Crippen LogP contribution in [0.2, 0.25) is 5.02 Å². The molecule has 1 amide bonds. The number of amides is 1. The molecule has 1 atom stereocenters. The van der Waals surface area contributed by atoms with E-state index in [4.69, 9.17) is 21.8 Å². The van der Waals surface area contributed by atoms with E-state index in [0.717, 1.165) is 6.07 Å². The van der Waals surface area contributed by atoms with Crippen molar-refractivity contribution < 1.29 is 19.4 Å². The second-order valence-electron chi connectivity index (χ2n) is 3.18. The first-order valence-corrected chi connectivity index (χ1v) is 4.94. The lowest BCUT2D eigenvalue weighted by molar-refractivity contribution is 0.0802. The average Bonchev–Trinajstić information content (AvgIpc) is 2.29. The van der Waals surface area contributed by atoms with Crippen molar-refractivity contribution in [3.05, 3.63) is 34.6 Å². The minimum Gasteiger partial charge on any atom is -0.394 e. The number of carbonyl (C=O) groups is 1. The molecule has 0 bridgehead atoms. The Morgan fingerprint density at radius 1 is 1.56 bits per heavy atom. The predicted octanol–water partition coefficient (Wildman–Crippen LogP) is 0.562. The summed E-state index contributed by atoms with van der Waals surface area (Å²) in [7, 11) is 0. The summed E-state index contributed by atoms with van der Waals surface area (Å²) in [5.41, 5.74) is 0.191. The van der Waals surface area contributed by atoms with Gasteiger partial charge in [0.1, 0.15) is 5.82 Å². The summed E-state index contributed by atoms with van der Waals surface area (Å²) in [5, 5.41) is 19.8. The van der Waals surface area contributed by atoms with Crippen molar-refractivity contribution >= 4 is 17.5 Å². The van der Waals surface area contributed by atoms with Crippen molar-refractivity contribution in [3.8, 4) is 0 Å². The minimum atomic E-state index is -1.01. The fourth-order valence-electron chi connectivity index (χ4n) is 1.01. The van der Waals surface area contributed by atoms with Gasteiger partial charge in [-0.05, 0) is 18.2 Å². The molecule has 0 saturated heterocycles. The smallest absolute Gasteiger partial charge is 0.251 e. The molecule has 4 nitrogen and oxygen atoms in total. The molecule has 16 heavy (non-hydrogen) atoms. The Bertz CT molecular complexity index is 386. The Balaban J connectivity index is 2.63. The van der Waals surface area contributed by atoms with Crippen molar-refractivity contribution in [1.82, 2.24) is 5.32 Å². The fraction of sp³-hybridized carbons (Fsp3) is 0.300. The molecule has 0 spiro atoms. The monoisotopic (exact) mass is 247 g/mol. The van der Waals surface area contributed by atoms with Crippen molar-refractivity contribution in [2.45, 2.75) is 6.10 Å². The average molecular weight is 248 g/mol. The molecule has 0 aliphatic heterocycles. The normalized spacial score (nSPS) is 12.2. The SMILES string of the molecule is O=C(NCC(O)CO)c1ccc(F)c(Cl)c1. The van der Waals surface area contributed by atoms with E-state index in [-0.39, 0.29) is 17.1 Å². The maximum Gasteiger partial charge on any atom is 0.251 e. The molecule has 1 rings (SSSR count). The van der Waals surface area contributed by atoms with Crippen LogP contribution in [0, 0.1) is 5.82 Å². The zero-order chi connectivity index (χ0) is 12.1. The van der Waals surface area contributed by atoms with Crippen LogP contribution in [0.4, 0.5) is 4.39 Å². The molecule has 88 valence electrons. The van der Waals surface area contributed by atoms with Crippen LogP contribution in [0.1, 0.15) is 10.4 Å². The van der Waals surface area contributed by atoms with Gasteiger partial charge in [-0.1, -0.05) is 11.6 Å². The van der Waals surface area contributed by atoms with Crippen LogP contribution in [-0.2, 0) is 0 Å². The van der Waals surface area contributed by atoms with E-state index in [9.17, 15) is 9.18 Å². The van der Waals surface area contributed by atoms with Crippen LogP contribution < -0.4 is 5.32 Å². The Labute approximate surface area is 96.7 Å². The fourth-order valence-corrected chi connectivity index (χ4v) is 1.20. The first-order chi connectivity index (χ1) is 7.54. The molecule has 0 aliphatic rings. The van der Waals surface area contributed by atoms with E-state index in [1.54, 1.807) is 0 Å². The number of nitrogens with one attached hydrogen (secondary N) is 1. The summed E-state index contributed by atoms with van der Waals surface area (Å²) < 4.78 is 12.8. The molecule has 3 N–H and O–H groups in total. The summed E-state index contributed by atoms with van der Waals surface area (Å²) in [6.07, 6.45) is -1.01. The van der Waals surface area contributed by atoms with E-state index in [1.807, 2.05) is 0 Å². The molecule has 0 radical (unpaired) electrons. The molecule has 0 fully saturated rings. The number of aliphatic hydroxyl groups excluding tert-OH is 2. The van der Waals surface area contributed by atoms with Gasteiger partial charge in [-0.15, -0.1) is 0 Å². The van der Waals surface area contributed by atoms with Crippen molar-refractivity contribution in [2.75, 3.05) is 13.2 Å². The predicted molar refractivity (Wildman–Crippen MR) is 56.8 cm³/mol. The van der Waals surface area contributed by atoms with Crippen molar-refractivity contribution in [1.29, 1.82) is 0 Å². The molecule has 1 aromatic rings. The van der Waals surface area contributed by atoms with Gasteiger partial charge in [-0.2, -0.15) is 0 Å². The lowest BCUT2D eigenvalue weighted by atomic mass is 10.2. The largest absolute Gasteiger partial charge is 0.394 e. The number of hydrogen-bond donors (Lipinski definition) is 3. The van der Waals surface area contributed by atoms with Gasteiger partial charge in [0.15, 0.2) is 0 Å². The Kier molecular flexibility index (Phi) is 4.67. The van der Waals surface area contributed by atoms with Gasteiger partial charge in [0.05, 0.1) is 17.7 Å². The van der Waals surface area contributed by atoms with Gasteiger partial charge < -0.3 is 15.5 Å². The van der Waals surface area contributed by atoms with E-state index in [0.29, 0.717) is 0 Å². The highest BCUT2D eigenvalue weighted by atomic mass is 35.5. The van der Waals surface area contributed by atoms with Crippen LogP contribution in [0.25, 0.3) is 0 Å². The molecule has 0 aliphatic carbocycles. The van der Waals surface area contributed by atoms with E-state index in [1.165, 1.54) is 12.1 Å². The zero-order valence-electron chi connectivity index (χ0n) is 8.28. The summed E-state index contributed by atoms with van der Waals surface area (Å²) in [6, 6.07) is 3.55. The number of halogens is 2. The number of carbonyl (C=O) groups excluding carboxylic acids is 1. The maximum atomic E-state index is 12.8. The molecule has 6 heteroatoms. The van der Waals surface area contributed by atoms with E-state index >= 15 is 0 Å². The summed E-state index contributed by atoms with van der Waals surface area (Å²) >= 11 is 5.50. The number of rotatable bonds is 4. The second-order valence-corrected chi connectivity index (χ2v) is 3.58. The third-order valence-corrected chi connectivity index (χ3v) is 2.18. The van der Waals surface area contributed by atoms with Crippen LogP contribution in [0.15, 0.2) is 18.2 Å². The van der Waals surface area contributed by atoms with Gasteiger partial charge in [-0.25, -0.2) is 4.39 Å². The molecular weight excluding hydrogens is 237 g/mol. The van der Waals surface area contributed by atoms with Gasteiger partial charge in [0.2, 0.25) is 0 Å². The molecule has 0 heterocycles. The van der Waals surface area contributed by atoms with Crippen molar-refractivity contribution in [2.24, 2.45) is 0 Å². The Hall–Kier alpha value is -1.17. The number of hydrogen-bond acceptors (Lipinski definition) is 3. The van der Waals surface area contributed by atoms with Gasteiger partial charge in [0, 0.05) is 12.1 Å². The Morgan fingerprint density at radius 3 is 2.81 bits per heavy atom. The topological polar surface area (TPSA) is 69.6 Å². The first-order valence-electron chi connectivity index (χ1n) is 4.56. The lowest BCUT2D eigenvalue weighted by Gasteiger charge is -2.09. The highest BCUT2D eigenvalue weighted by Crippen LogP contribution is 2.15. The quantitative estimate of drug-likeness (QED) is 0.728. The van der Waals surface area contributed by atoms with Crippen molar-refractivity contribution in [3.63, 3.8) is 0 Å². The Morgan fingerprint density at radius 2 is 2.25 bits per heavy atom. The van der Waals surface area contributed by atoms with E-state index in [2.05, 4.69) is 5.32 Å². The number of aliphatic hydroxyl groups is 2. The van der Waals surface area contributed by atoms with Gasteiger partial charge >= 0.3 is 0 Å². The zero-order valence-corrected chi connectivity index (χ0v) is 9.04. The summed E-state index contributed by atoms with van der Waals surface area (Å²) in [4.78, 5) is 11.4. The summed E-state index contributed by atoms with van der Waals surface area (Å²) in [6.45, 7) is -0.519. The standard InChI is InChI=1S/C10H11ClFNO3/c11-8-3-6(1-2-9(8)12)10(16)13-4-7(15)5-14/h1-3,7,14-15H,4-5H2,(H,13,16). The molecule has 0 saturated carbocycles. The highest BCUT2D eigenvalue weighted by molar-refractivity contribution is 6.31. The maximum absolute atomic E-state index is 12.8. The number of benzene rings is 1. The third-order valence-electron chi connectivity index (χ3n) is 1.89. The van der Waals surface area contributed by atoms with Crippen LogP contribution in [0.5, 0.6) is 0 Å². The van der Waals surface area contributed by atoms with E-state index < -0.39 is 24.4 Å². The van der Waals surface area contributed by atoms with Gasteiger partial charge in [-0.3, -0.25) is 4.79 Å². The third kappa shape index (κ3) is 3.44. The minimum absolute atomic E-state index is 0.0790. The molecule has 1 aromatic carbocycles. The summed E-state index contributed by atoms with van der Waals surface area (Å²) in [5.74, 6) is -1.09. The first kappa shape index (κ1) is 12.9. The van der Waals surface area contributed by atoms with Crippen LogP contribution in [0.3, 0.4) is 0 Å².